The first-order valence-electron chi connectivity index (χ1n) is 6.38. The fraction of sp³-hybridized carbons (Fsp3) is 0.500. The van der Waals surface area contributed by atoms with Crippen LogP contribution in [0.15, 0.2) is 18.2 Å². The van der Waals surface area contributed by atoms with Gasteiger partial charge in [0.2, 0.25) is 0 Å². The largest absolute Gasteiger partial charge is 0.507 e. The van der Waals surface area contributed by atoms with Crippen molar-refractivity contribution in [2.45, 2.75) is 12.8 Å². The van der Waals surface area contributed by atoms with Crippen molar-refractivity contribution < 1.29 is 19.0 Å². The van der Waals surface area contributed by atoms with E-state index in [4.69, 9.17) is 4.74 Å². The summed E-state index contributed by atoms with van der Waals surface area (Å²) in [4.78, 5) is 14.0. The molecule has 0 radical (unpaired) electrons. The van der Waals surface area contributed by atoms with Crippen molar-refractivity contribution in [2.24, 2.45) is 5.92 Å². The number of halogens is 1. The molecule has 1 heterocycles. The fourth-order valence-corrected chi connectivity index (χ4v) is 2.48. The molecule has 5 heteroatoms. The van der Waals surface area contributed by atoms with Crippen LogP contribution in [0.1, 0.15) is 23.2 Å². The number of hydrogen-bond acceptors (Lipinski definition) is 3. The second kappa shape index (κ2) is 6.02. The van der Waals surface area contributed by atoms with Crippen LogP contribution in [-0.2, 0) is 4.74 Å². The number of ether oxygens (including phenoxy) is 1. The lowest BCUT2D eigenvalue weighted by molar-refractivity contribution is 0.0568. The third kappa shape index (κ3) is 3.23. The first-order chi connectivity index (χ1) is 9.11. The van der Waals surface area contributed by atoms with E-state index >= 15 is 0 Å². The SMILES string of the molecule is COCC1CCCN(C(=O)c2ccc(F)cc2O)C1. The Bertz CT molecular complexity index is 462. The minimum absolute atomic E-state index is 0.152. The molecular formula is C14H18FNO3. The maximum absolute atomic E-state index is 12.9. The van der Waals surface area contributed by atoms with Gasteiger partial charge in [-0.25, -0.2) is 4.39 Å². The van der Waals surface area contributed by atoms with Gasteiger partial charge < -0.3 is 14.7 Å². The molecule has 1 aliphatic heterocycles. The van der Waals surface area contributed by atoms with Gasteiger partial charge in [-0.15, -0.1) is 0 Å². The number of phenols is 1. The van der Waals surface area contributed by atoms with Crippen molar-refractivity contribution in [1.82, 2.24) is 4.90 Å². The predicted octanol–water partition coefficient (Wildman–Crippen LogP) is 2.03. The van der Waals surface area contributed by atoms with Gasteiger partial charge in [-0.2, -0.15) is 0 Å². The molecule has 1 amide bonds. The fourth-order valence-electron chi connectivity index (χ4n) is 2.48. The van der Waals surface area contributed by atoms with Gasteiger partial charge in [-0.3, -0.25) is 4.79 Å². The molecule has 1 unspecified atom stereocenters. The summed E-state index contributed by atoms with van der Waals surface area (Å²) in [5.41, 5.74) is 0.152. The second-order valence-electron chi connectivity index (χ2n) is 4.88. The van der Waals surface area contributed by atoms with Gasteiger partial charge in [0.15, 0.2) is 0 Å². The third-order valence-corrected chi connectivity index (χ3v) is 3.40. The molecule has 1 N–H and O–H groups in total. The van der Waals surface area contributed by atoms with Crippen LogP contribution in [0.4, 0.5) is 4.39 Å². The zero-order chi connectivity index (χ0) is 13.8. The summed E-state index contributed by atoms with van der Waals surface area (Å²) in [6.07, 6.45) is 1.95. The monoisotopic (exact) mass is 267 g/mol. The summed E-state index contributed by atoms with van der Waals surface area (Å²) in [7, 11) is 1.65. The van der Waals surface area contributed by atoms with Crippen LogP contribution < -0.4 is 0 Å². The molecule has 4 nitrogen and oxygen atoms in total. The van der Waals surface area contributed by atoms with E-state index in [1.807, 2.05) is 0 Å². The highest BCUT2D eigenvalue weighted by atomic mass is 19.1. The average Bonchev–Trinajstić information content (AvgIpc) is 2.39. The van der Waals surface area contributed by atoms with E-state index in [-0.39, 0.29) is 17.2 Å². The summed E-state index contributed by atoms with van der Waals surface area (Å²) >= 11 is 0. The Balaban J connectivity index is 2.10. The Kier molecular flexibility index (Phi) is 4.37. The lowest BCUT2D eigenvalue weighted by Crippen LogP contribution is -2.41. The summed E-state index contributed by atoms with van der Waals surface area (Å²) in [5, 5.41) is 9.65. The van der Waals surface area contributed by atoms with Crippen LogP contribution in [-0.4, -0.2) is 42.7 Å². The first-order valence-corrected chi connectivity index (χ1v) is 6.38. The summed E-state index contributed by atoms with van der Waals surface area (Å²) < 4.78 is 18.0. The number of aromatic hydroxyl groups is 1. The maximum atomic E-state index is 12.9. The minimum atomic E-state index is -0.551. The maximum Gasteiger partial charge on any atom is 0.257 e. The predicted molar refractivity (Wildman–Crippen MR) is 68.6 cm³/mol. The highest BCUT2D eigenvalue weighted by Gasteiger charge is 2.25. The number of amides is 1. The van der Waals surface area contributed by atoms with Crippen LogP contribution in [0.3, 0.4) is 0 Å². The standard InChI is InChI=1S/C14H18FNO3/c1-19-9-10-3-2-6-16(8-10)14(18)12-5-4-11(15)7-13(12)17/h4-5,7,10,17H,2-3,6,8-9H2,1H3. The Morgan fingerprint density at radius 3 is 3.05 bits per heavy atom. The molecule has 0 spiro atoms. The molecule has 1 fully saturated rings. The van der Waals surface area contributed by atoms with Gasteiger partial charge in [0.25, 0.3) is 5.91 Å². The van der Waals surface area contributed by atoms with E-state index in [2.05, 4.69) is 0 Å². The van der Waals surface area contributed by atoms with Gasteiger partial charge >= 0.3 is 0 Å². The normalized spacial score (nSPS) is 19.5. The third-order valence-electron chi connectivity index (χ3n) is 3.40. The van der Waals surface area contributed by atoms with Crippen molar-refractivity contribution in [1.29, 1.82) is 0 Å². The Hall–Kier alpha value is -1.62. The number of carbonyl (C=O) groups excluding carboxylic acids is 1. The van der Waals surface area contributed by atoms with Crippen molar-refractivity contribution in [2.75, 3.05) is 26.8 Å². The molecule has 104 valence electrons. The molecule has 0 bridgehead atoms. The first kappa shape index (κ1) is 13.8. The Morgan fingerprint density at radius 2 is 2.37 bits per heavy atom. The molecule has 1 aliphatic rings. The van der Waals surface area contributed by atoms with E-state index in [9.17, 15) is 14.3 Å². The minimum Gasteiger partial charge on any atom is -0.507 e. The number of methoxy groups -OCH3 is 1. The molecule has 1 saturated heterocycles. The number of hydrogen-bond donors (Lipinski definition) is 1. The quantitative estimate of drug-likeness (QED) is 0.911. The zero-order valence-electron chi connectivity index (χ0n) is 10.9. The molecular weight excluding hydrogens is 249 g/mol. The number of phenolic OH excluding ortho intramolecular Hbond substituents is 1. The van der Waals surface area contributed by atoms with Crippen molar-refractivity contribution >= 4 is 5.91 Å². The van der Waals surface area contributed by atoms with Gasteiger partial charge in [0.1, 0.15) is 11.6 Å². The molecule has 1 atom stereocenters. The van der Waals surface area contributed by atoms with E-state index in [0.29, 0.717) is 25.6 Å². The van der Waals surface area contributed by atoms with E-state index in [1.54, 1.807) is 12.0 Å². The summed E-state index contributed by atoms with van der Waals surface area (Å²) in [6.45, 7) is 1.90. The Morgan fingerprint density at radius 1 is 1.58 bits per heavy atom. The smallest absolute Gasteiger partial charge is 0.257 e. The molecule has 2 rings (SSSR count). The molecule has 0 saturated carbocycles. The highest BCUT2D eigenvalue weighted by Crippen LogP contribution is 2.23. The number of nitrogens with zero attached hydrogens (tertiary/aromatic N) is 1. The lowest BCUT2D eigenvalue weighted by Gasteiger charge is -2.32. The molecule has 0 aliphatic carbocycles. The van der Waals surface area contributed by atoms with Crippen molar-refractivity contribution in [3.8, 4) is 5.75 Å². The van der Waals surface area contributed by atoms with Crippen molar-refractivity contribution in [3.63, 3.8) is 0 Å². The number of rotatable bonds is 3. The van der Waals surface area contributed by atoms with E-state index in [1.165, 1.54) is 12.1 Å². The van der Waals surface area contributed by atoms with Gasteiger partial charge in [-0.1, -0.05) is 0 Å². The van der Waals surface area contributed by atoms with Crippen LogP contribution in [0.5, 0.6) is 5.75 Å². The van der Waals surface area contributed by atoms with Crippen molar-refractivity contribution in [3.05, 3.63) is 29.6 Å². The number of carbonyl (C=O) groups is 1. The average molecular weight is 267 g/mol. The van der Waals surface area contributed by atoms with E-state index in [0.717, 1.165) is 18.9 Å². The molecule has 1 aromatic carbocycles. The second-order valence-corrected chi connectivity index (χ2v) is 4.88. The van der Waals surface area contributed by atoms with Crippen LogP contribution in [0, 0.1) is 11.7 Å². The molecule has 1 aromatic rings. The zero-order valence-corrected chi connectivity index (χ0v) is 10.9. The number of likely N-dealkylation sites (tertiary alicyclic amines) is 1. The van der Waals surface area contributed by atoms with Crippen LogP contribution >= 0.6 is 0 Å². The van der Waals surface area contributed by atoms with Gasteiger partial charge in [-0.05, 0) is 30.9 Å². The van der Waals surface area contributed by atoms with Gasteiger partial charge in [0, 0.05) is 26.3 Å². The van der Waals surface area contributed by atoms with E-state index < -0.39 is 5.82 Å². The summed E-state index contributed by atoms with van der Waals surface area (Å²) in [5.74, 6) is -0.785. The number of piperidine rings is 1. The topological polar surface area (TPSA) is 49.8 Å². The number of benzene rings is 1. The van der Waals surface area contributed by atoms with Gasteiger partial charge in [0.05, 0.1) is 12.2 Å². The van der Waals surface area contributed by atoms with Crippen LogP contribution in [0.25, 0.3) is 0 Å². The molecule has 19 heavy (non-hydrogen) atoms. The molecule has 0 aromatic heterocycles. The lowest BCUT2D eigenvalue weighted by atomic mass is 9.98. The summed E-state index contributed by atoms with van der Waals surface area (Å²) in [6, 6.07) is 3.47. The highest BCUT2D eigenvalue weighted by molar-refractivity contribution is 5.96. The van der Waals surface area contributed by atoms with Crippen LogP contribution in [0.2, 0.25) is 0 Å². The Labute approximate surface area is 111 Å².